The average molecular weight is 651 g/mol. The number of aryl methyl sites for hydroxylation is 3. The van der Waals surface area contributed by atoms with Crippen LogP contribution in [0.4, 0.5) is 0 Å². The van der Waals surface area contributed by atoms with Gasteiger partial charge in [-0.15, -0.1) is 0 Å². The number of rotatable bonds is 7. The molecule has 242 valence electrons. The van der Waals surface area contributed by atoms with Crippen LogP contribution < -0.4 is 15.6 Å². The third kappa shape index (κ3) is 5.87. The van der Waals surface area contributed by atoms with Crippen LogP contribution in [0.15, 0.2) is 168 Å². The largest absolute Gasteiger partial charge is 0.176 e. The molecule has 0 nitrogen and oxygen atoms in total. The van der Waals surface area contributed by atoms with Crippen LogP contribution in [-0.2, 0) is 0 Å². The van der Waals surface area contributed by atoms with Gasteiger partial charge in [0.1, 0.15) is 0 Å². The molecule has 6 aromatic carbocycles. The molecular weight excluding hydrogens is 605 g/mol. The van der Waals surface area contributed by atoms with Crippen molar-refractivity contribution in [2.75, 3.05) is 0 Å². The molecule has 1 aliphatic carbocycles. The van der Waals surface area contributed by atoms with Gasteiger partial charge in [0.2, 0.25) is 0 Å². The molecule has 6 aromatic rings. The Kier molecular flexibility index (Phi) is 8.73. The van der Waals surface area contributed by atoms with E-state index in [0.29, 0.717) is 5.92 Å². The van der Waals surface area contributed by atoms with Gasteiger partial charge in [-0.05, 0) is 102 Å². The summed E-state index contributed by atoms with van der Waals surface area (Å²) in [6.45, 7) is 16.0. The molecule has 0 aliphatic heterocycles. The molecule has 0 N–H and O–H groups in total. The van der Waals surface area contributed by atoms with Crippen molar-refractivity contribution in [1.29, 1.82) is 0 Å². The summed E-state index contributed by atoms with van der Waals surface area (Å²) in [5.74, 6) is 0.357. The van der Waals surface area contributed by atoms with Gasteiger partial charge < -0.3 is 0 Å². The first-order chi connectivity index (χ1) is 23.7. The van der Waals surface area contributed by atoms with Crippen molar-refractivity contribution in [2.45, 2.75) is 48.5 Å². The van der Waals surface area contributed by atoms with E-state index >= 15 is 0 Å². The number of hydrogen-bond acceptors (Lipinski definition) is 0. The van der Waals surface area contributed by atoms with Crippen molar-refractivity contribution in [3.05, 3.63) is 184 Å². The topological polar surface area (TPSA) is 0 Å². The summed E-state index contributed by atoms with van der Waals surface area (Å²) in [6, 6.07) is 55.4. The Morgan fingerprint density at radius 3 is 0.959 bits per heavy atom. The summed E-state index contributed by atoms with van der Waals surface area (Å²) in [5.41, 5.74) is 15.8. The molecule has 1 heteroatoms. The molecule has 1 unspecified atom stereocenters. The molecule has 0 heterocycles. The highest BCUT2D eigenvalue weighted by Gasteiger charge is 2.48. The van der Waals surface area contributed by atoms with Crippen molar-refractivity contribution in [1.82, 2.24) is 0 Å². The molecule has 0 spiro atoms. The summed E-state index contributed by atoms with van der Waals surface area (Å²) in [5, 5.41) is 5.90. The fraction of sp³-hybridized carbons (Fsp3) is 0.167. The van der Waals surface area contributed by atoms with Crippen LogP contribution in [0.2, 0.25) is 0 Å². The molecule has 0 fully saturated rings. The Hall–Kier alpha value is -4.98. The second-order valence-electron chi connectivity index (χ2n) is 14.2. The second kappa shape index (κ2) is 13.1. The minimum absolute atomic E-state index is 0.357. The maximum absolute atomic E-state index is 2.77. The Balaban J connectivity index is 1.48. The zero-order valence-corrected chi connectivity index (χ0v) is 30.9. The van der Waals surface area contributed by atoms with Crippen molar-refractivity contribution >= 4 is 23.6 Å². The highest BCUT2D eigenvalue weighted by Crippen LogP contribution is 2.41. The van der Waals surface area contributed by atoms with Gasteiger partial charge in [0.25, 0.3) is 0 Å². The van der Waals surface area contributed by atoms with Crippen LogP contribution in [0.5, 0.6) is 0 Å². The lowest BCUT2D eigenvalue weighted by Crippen LogP contribution is -2.69. The molecule has 0 bridgehead atoms. The van der Waals surface area contributed by atoms with E-state index in [4.69, 9.17) is 0 Å². The molecule has 0 aromatic heterocycles. The van der Waals surface area contributed by atoms with E-state index in [9.17, 15) is 0 Å². The van der Waals surface area contributed by atoms with Gasteiger partial charge >= 0.3 is 0 Å². The van der Waals surface area contributed by atoms with Crippen LogP contribution in [0, 0.1) is 26.7 Å². The summed E-state index contributed by atoms with van der Waals surface area (Å²) in [6.07, 6.45) is 0. The average Bonchev–Trinajstić information content (AvgIpc) is 3.31. The fourth-order valence-corrected chi connectivity index (χ4v) is 13.7. The maximum Gasteiger partial charge on any atom is 0.176 e. The summed E-state index contributed by atoms with van der Waals surface area (Å²) >= 11 is 0. The highest BCUT2D eigenvalue weighted by molar-refractivity contribution is 7.16. The van der Waals surface area contributed by atoms with Gasteiger partial charge in [-0.2, -0.15) is 0 Å². The molecule has 7 rings (SSSR count). The van der Waals surface area contributed by atoms with E-state index in [0.717, 1.165) is 0 Å². The Morgan fingerprint density at radius 1 is 0.367 bits per heavy atom. The van der Waals surface area contributed by atoms with E-state index < -0.39 is 8.07 Å². The van der Waals surface area contributed by atoms with Crippen LogP contribution in [0.1, 0.15) is 44.4 Å². The summed E-state index contributed by atoms with van der Waals surface area (Å²) in [7, 11) is -2.77. The number of benzene rings is 6. The molecule has 0 saturated carbocycles. The second-order valence-corrected chi connectivity index (χ2v) is 17.9. The van der Waals surface area contributed by atoms with E-state index in [1.54, 1.807) is 5.20 Å². The fourth-order valence-electron chi connectivity index (χ4n) is 8.15. The Bertz CT molecular complexity index is 2000. The molecule has 49 heavy (non-hydrogen) atoms. The Labute approximate surface area is 294 Å². The minimum Gasteiger partial charge on any atom is -0.0636 e. The predicted octanol–water partition coefficient (Wildman–Crippen LogP) is 10.9. The normalized spacial score (nSPS) is 14.9. The smallest absolute Gasteiger partial charge is 0.0636 e. The van der Waals surface area contributed by atoms with Crippen LogP contribution in [0.25, 0.3) is 33.4 Å². The molecular formula is C48H46Si. The monoisotopic (exact) mass is 650 g/mol. The lowest BCUT2D eigenvalue weighted by atomic mass is 10.0. The Morgan fingerprint density at radius 2 is 0.694 bits per heavy atom. The molecule has 1 aliphatic rings. The SMILES string of the molecule is CC1=C(C)C(C)C([Si](c2ccc(-c3cccc(C)c3)cc2)(c2ccc(-c3cccc(C)c3)cc2)c2ccc(-c3cccc(C)c3)cc2)=C1C. The van der Waals surface area contributed by atoms with E-state index in [2.05, 4.69) is 194 Å². The van der Waals surface area contributed by atoms with Gasteiger partial charge in [0.15, 0.2) is 8.07 Å². The zero-order chi connectivity index (χ0) is 34.3. The van der Waals surface area contributed by atoms with E-state index in [-0.39, 0.29) is 0 Å². The van der Waals surface area contributed by atoms with Crippen molar-refractivity contribution < 1.29 is 0 Å². The van der Waals surface area contributed by atoms with Gasteiger partial charge in [-0.25, -0.2) is 0 Å². The molecule has 0 radical (unpaired) electrons. The quantitative estimate of drug-likeness (QED) is 0.119. The predicted molar refractivity (Wildman–Crippen MR) is 215 cm³/mol. The lowest BCUT2D eigenvalue weighted by molar-refractivity contribution is 0.851. The van der Waals surface area contributed by atoms with E-state index in [1.165, 1.54) is 82.4 Å². The van der Waals surface area contributed by atoms with Gasteiger partial charge in [0, 0.05) is 0 Å². The molecule has 0 amide bonds. The van der Waals surface area contributed by atoms with Gasteiger partial charge in [-0.1, -0.05) is 186 Å². The first kappa shape index (κ1) is 32.6. The van der Waals surface area contributed by atoms with Gasteiger partial charge in [0.05, 0.1) is 0 Å². The van der Waals surface area contributed by atoms with E-state index in [1.807, 2.05) is 0 Å². The maximum atomic E-state index is 2.45. The third-order valence-electron chi connectivity index (χ3n) is 11.1. The molecule has 1 atom stereocenters. The van der Waals surface area contributed by atoms with Crippen molar-refractivity contribution in [3.63, 3.8) is 0 Å². The summed E-state index contributed by atoms with van der Waals surface area (Å²) < 4.78 is 0. The van der Waals surface area contributed by atoms with Gasteiger partial charge in [-0.3, -0.25) is 0 Å². The molecule has 0 saturated heterocycles. The van der Waals surface area contributed by atoms with Crippen molar-refractivity contribution in [3.8, 4) is 33.4 Å². The number of allylic oxidation sites excluding steroid dienone is 4. The third-order valence-corrected chi connectivity index (χ3v) is 16.3. The lowest BCUT2D eigenvalue weighted by Gasteiger charge is -2.39. The standard InChI is InChI=1S/C48H46Si/c1-32-11-8-14-42(29-32)39-17-23-45(24-18-39)49(48-37(6)35(4)36(5)38(48)7,46-25-19-40(20-26-46)43-15-9-12-33(2)30-43)47-27-21-41(22-28-47)44-16-10-13-34(3)31-44/h8-31,37H,1-7H3. The van der Waals surface area contributed by atoms with Crippen LogP contribution in [-0.4, -0.2) is 8.07 Å². The van der Waals surface area contributed by atoms with Crippen LogP contribution >= 0.6 is 0 Å². The zero-order valence-electron chi connectivity index (χ0n) is 29.9. The highest BCUT2D eigenvalue weighted by atomic mass is 28.3. The summed E-state index contributed by atoms with van der Waals surface area (Å²) in [4.78, 5) is 0. The first-order valence-corrected chi connectivity index (χ1v) is 19.6. The minimum atomic E-state index is -2.77. The number of hydrogen-bond donors (Lipinski definition) is 0. The first-order valence-electron chi connectivity index (χ1n) is 17.6. The van der Waals surface area contributed by atoms with Crippen molar-refractivity contribution in [2.24, 2.45) is 5.92 Å². The van der Waals surface area contributed by atoms with Crippen LogP contribution in [0.3, 0.4) is 0 Å².